The predicted octanol–water partition coefficient (Wildman–Crippen LogP) is 1.80. The van der Waals surface area contributed by atoms with Gasteiger partial charge in [-0.25, -0.2) is 8.78 Å². The molecule has 18 heavy (non-hydrogen) atoms. The van der Waals surface area contributed by atoms with Crippen molar-refractivity contribution in [3.63, 3.8) is 0 Å². The average molecular weight is 257 g/mol. The van der Waals surface area contributed by atoms with E-state index in [0.717, 1.165) is 4.90 Å². The number of fused-ring (bicyclic) bond motifs is 1. The quantitative estimate of drug-likeness (QED) is 0.807. The van der Waals surface area contributed by atoms with E-state index in [0.29, 0.717) is 17.1 Å². The summed E-state index contributed by atoms with van der Waals surface area (Å²) in [4.78, 5) is 13.2. The highest BCUT2D eigenvalue weighted by molar-refractivity contribution is 5.95. The third-order valence-corrected chi connectivity index (χ3v) is 2.62. The maximum absolute atomic E-state index is 12.3. The van der Waals surface area contributed by atoms with Gasteiger partial charge >= 0.3 is 0 Å². The molecule has 0 spiro atoms. The Morgan fingerprint density at radius 2 is 1.83 bits per heavy atom. The number of benzene rings is 1. The summed E-state index contributed by atoms with van der Waals surface area (Å²) >= 11 is 0. The summed E-state index contributed by atoms with van der Waals surface area (Å²) < 4.78 is 34.9. The number of carbonyl (C=O) groups excluding carboxylic acids is 1. The molecule has 0 radical (unpaired) electrons. The minimum atomic E-state index is -0.698. The lowest BCUT2D eigenvalue weighted by atomic mass is 10.1. The normalized spacial score (nSPS) is 12.6. The molecule has 6 heteroatoms. The van der Waals surface area contributed by atoms with Crippen molar-refractivity contribution in [2.45, 2.75) is 0 Å². The summed E-state index contributed by atoms with van der Waals surface area (Å²) in [6.07, 6.45) is 0. The van der Waals surface area contributed by atoms with Gasteiger partial charge in [0.05, 0.1) is 0 Å². The largest absolute Gasteiger partial charge is 0.454 e. The number of carbonyl (C=O) groups is 1. The molecule has 0 bridgehead atoms. The zero-order valence-corrected chi connectivity index (χ0v) is 9.70. The molecule has 0 fully saturated rings. The number of alkyl halides is 2. The zero-order valence-electron chi connectivity index (χ0n) is 9.70. The average Bonchev–Trinajstić information content (AvgIpc) is 2.84. The first kappa shape index (κ1) is 12.6. The molecule has 0 unspecified atom stereocenters. The lowest BCUT2D eigenvalue weighted by molar-refractivity contribution is 0.0733. The van der Waals surface area contributed by atoms with Crippen LogP contribution in [0.15, 0.2) is 18.2 Å². The van der Waals surface area contributed by atoms with Crippen LogP contribution < -0.4 is 9.47 Å². The smallest absolute Gasteiger partial charge is 0.254 e. The topological polar surface area (TPSA) is 38.8 Å². The summed E-state index contributed by atoms with van der Waals surface area (Å²) in [5, 5.41) is 0. The maximum Gasteiger partial charge on any atom is 0.254 e. The van der Waals surface area contributed by atoms with Crippen LogP contribution in [-0.4, -0.2) is 44.0 Å². The fourth-order valence-electron chi connectivity index (χ4n) is 1.73. The number of amides is 1. The molecule has 1 aliphatic rings. The minimum absolute atomic E-state index is 0.114. The Labute approximate surface area is 103 Å². The molecule has 0 atom stereocenters. The summed E-state index contributed by atoms with van der Waals surface area (Å²) in [5.74, 6) is 0.624. The Bertz CT molecular complexity index is 433. The number of hydrogen-bond donors (Lipinski definition) is 0. The second-order valence-corrected chi connectivity index (χ2v) is 3.74. The Morgan fingerprint density at radius 1 is 1.17 bits per heavy atom. The van der Waals surface area contributed by atoms with Gasteiger partial charge in [-0.05, 0) is 18.2 Å². The van der Waals surface area contributed by atoms with Crippen LogP contribution >= 0.6 is 0 Å². The van der Waals surface area contributed by atoms with E-state index < -0.39 is 19.3 Å². The van der Waals surface area contributed by atoms with Crippen molar-refractivity contribution in [3.8, 4) is 11.5 Å². The molecule has 2 rings (SSSR count). The second kappa shape index (κ2) is 5.66. The van der Waals surface area contributed by atoms with Crippen molar-refractivity contribution in [2.75, 3.05) is 33.2 Å². The van der Waals surface area contributed by atoms with Crippen molar-refractivity contribution in [1.82, 2.24) is 4.90 Å². The van der Waals surface area contributed by atoms with E-state index in [-0.39, 0.29) is 19.9 Å². The standard InChI is InChI=1S/C12H13F2NO3/c13-3-5-15(6-4-14)12(16)9-1-2-10-11(7-9)18-8-17-10/h1-2,7H,3-6,8H2. The van der Waals surface area contributed by atoms with Gasteiger partial charge in [0.15, 0.2) is 11.5 Å². The van der Waals surface area contributed by atoms with E-state index in [1.54, 1.807) is 12.1 Å². The lowest BCUT2D eigenvalue weighted by Crippen LogP contribution is -2.34. The van der Waals surface area contributed by atoms with Crippen LogP contribution in [0.2, 0.25) is 0 Å². The Morgan fingerprint density at radius 3 is 2.50 bits per heavy atom. The third-order valence-electron chi connectivity index (χ3n) is 2.62. The van der Waals surface area contributed by atoms with Gasteiger partial charge in [-0.3, -0.25) is 4.79 Å². The number of rotatable bonds is 5. The van der Waals surface area contributed by atoms with Crippen LogP contribution in [0.3, 0.4) is 0 Å². The fourth-order valence-corrected chi connectivity index (χ4v) is 1.73. The van der Waals surface area contributed by atoms with Crippen molar-refractivity contribution in [2.24, 2.45) is 0 Å². The highest BCUT2D eigenvalue weighted by Gasteiger charge is 2.19. The molecule has 1 amide bonds. The molecular weight excluding hydrogens is 244 g/mol. The first-order valence-corrected chi connectivity index (χ1v) is 5.57. The molecule has 1 aromatic carbocycles. The van der Waals surface area contributed by atoms with Gasteiger partial charge < -0.3 is 14.4 Å². The molecular formula is C12H13F2NO3. The van der Waals surface area contributed by atoms with Crippen LogP contribution in [0.5, 0.6) is 11.5 Å². The number of halogens is 2. The predicted molar refractivity (Wildman–Crippen MR) is 60.4 cm³/mol. The molecule has 1 aliphatic heterocycles. The molecule has 4 nitrogen and oxygen atoms in total. The van der Waals surface area contributed by atoms with Gasteiger partial charge in [0.25, 0.3) is 5.91 Å². The second-order valence-electron chi connectivity index (χ2n) is 3.74. The van der Waals surface area contributed by atoms with Gasteiger partial charge in [-0.15, -0.1) is 0 Å². The molecule has 0 aromatic heterocycles. The fraction of sp³-hybridized carbons (Fsp3) is 0.417. The van der Waals surface area contributed by atoms with Gasteiger partial charge in [0, 0.05) is 18.7 Å². The van der Waals surface area contributed by atoms with Crippen LogP contribution in [-0.2, 0) is 0 Å². The van der Waals surface area contributed by atoms with E-state index >= 15 is 0 Å². The molecule has 1 aromatic rings. The highest BCUT2D eigenvalue weighted by Crippen LogP contribution is 2.32. The van der Waals surface area contributed by atoms with Gasteiger partial charge in [0.2, 0.25) is 6.79 Å². The van der Waals surface area contributed by atoms with Crippen LogP contribution in [0.25, 0.3) is 0 Å². The summed E-state index contributed by atoms with van der Waals surface area (Å²) in [6, 6.07) is 4.69. The molecule has 0 aliphatic carbocycles. The van der Waals surface area contributed by atoms with E-state index in [4.69, 9.17) is 9.47 Å². The first-order valence-electron chi connectivity index (χ1n) is 5.57. The van der Waals surface area contributed by atoms with Crippen molar-refractivity contribution < 1.29 is 23.0 Å². The maximum atomic E-state index is 12.3. The molecule has 0 saturated heterocycles. The highest BCUT2D eigenvalue weighted by atomic mass is 19.1. The Kier molecular flexibility index (Phi) is 3.96. The summed E-state index contributed by atoms with van der Waals surface area (Å²) in [5.41, 5.74) is 0.334. The number of nitrogens with zero attached hydrogens (tertiary/aromatic N) is 1. The van der Waals surface area contributed by atoms with Crippen molar-refractivity contribution in [3.05, 3.63) is 23.8 Å². The third kappa shape index (κ3) is 2.52. The van der Waals surface area contributed by atoms with Gasteiger partial charge in [-0.1, -0.05) is 0 Å². The Hall–Kier alpha value is -1.85. The Balaban J connectivity index is 2.16. The van der Waals surface area contributed by atoms with Crippen LogP contribution in [0, 0.1) is 0 Å². The number of ether oxygens (including phenoxy) is 2. The molecule has 1 heterocycles. The lowest BCUT2D eigenvalue weighted by Gasteiger charge is -2.19. The van der Waals surface area contributed by atoms with Crippen molar-refractivity contribution >= 4 is 5.91 Å². The zero-order chi connectivity index (χ0) is 13.0. The summed E-state index contributed by atoms with van der Waals surface area (Å²) in [6.45, 7) is -1.51. The summed E-state index contributed by atoms with van der Waals surface area (Å²) in [7, 11) is 0. The van der Waals surface area contributed by atoms with E-state index in [1.807, 2.05) is 0 Å². The first-order chi connectivity index (χ1) is 8.76. The van der Waals surface area contributed by atoms with E-state index in [9.17, 15) is 13.6 Å². The van der Waals surface area contributed by atoms with E-state index in [1.165, 1.54) is 6.07 Å². The number of hydrogen-bond acceptors (Lipinski definition) is 3. The van der Waals surface area contributed by atoms with Gasteiger partial charge in [0.1, 0.15) is 13.3 Å². The van der Waals surface area contributed by atoms with Gasteiger partial charge in [-0.2, -0.15) is 0 Å². The minimum Gasteiger partial charge on any atom is -0.454 e. The SMILES string of the molecule is O=C(c1ccc2c(c1)OCO2)N(CCF)CCF. The van der Waals surface area contributed by atoms with Crippen LogP contribution in [0.4, 0.5) is 8.78 Å². The van der Waals surface area contributed by atoms with Crippen LogP contribution in [0.1, 0.15) is 10.4 Å². The van der Waals surface area contributed by atoms with E-state index in [2.05, 4.69) is 0 Å². The monoisotopic (exact) mass is 257 g/mol. The molecule has 0 saturated carbocycles. The molecule has 98 valence electrons. The van der Waals surface area contributed by atoms with Crippen molar-refractivity contribution in [1.29, 1.82) is 0 Å². The molecule has 0 N–H and O–H groups in total.